The zero-order chi connectivity index (χ0) is 14.1. The molecule has 0 aromatic heterocycles. The Bertz CT molecular complexity index is 392. The van der Waals surface area contributed by atoms with Gasteiger partial charge in [-0.25, -0.2) is 4.79 Å². The van der Waals surface area contributed by atoms with E-state index in [0.717, 1.165) is 0 Å². The zero-order valence-corrected chi connectivity index (χ0v) is 11.8. The molecule has 0 unspecified atom stereocenters. The van der Waals surface area contributed by atoms with Crippen LogP contribution in [0.25, 0.3) is 0 Å². The minimum absolute atomic E-state index is 0.331. The lowest BCUT2D eigenvalue weighted by Crippen LogP contribution is -2.48. The summed E-state index contributed by atoms with van der Waals surface area (Å²) in [4.78, 5) is 13.6. The van der Waals surface area contributed by atoms with E-state index in [0.29, 0.717) is 24.4 Å². The Morgan fingerprint density at radius 1 is 1.50 bits per heavy atom. The zero-order valence-electron chi connectivity index (χ0n) is 11.8. The molecular formula is C13H23N3O2. The van der Waals surface area contributed by atoms with Crippen molar-refractivity contribution in [1.29, 1.82) is 5.41 Å². The molecule has 1 amide bonds. The van der Waals surface area contributed by atoms with E-state index in [1.54, 1.807) is 4.90 Å². The molecule has 0 radical (unpaired) electrons. The molecule has 1 aliphatic rings. The number of carbonyl (C=O) groups is 1. The molecule has 5 nitrogen and oxygen atoms in total. The molecule has 1 aliphatic heterocycles. The molecule has 0 saturated carbocycles. The SMILES string of the molecule is CC(C)(C)OC(=O)N1CC(C=N)=C(N)C(C)(C)C1. The topological polar surface area (TPSA) is 79.4 Å². The maximum absolute atomic E-state index is 12.0. The first kappa shape index (κ1) is 14.5. The summed E-state index contributed by atoms with van der Waals surface area (Å²) in [5.74, 6) is 0. The van der Waals surface area contributed by atoms with Gasteiger partial charge in [0.1, 0.15) is 5.60 Å². The summed E-state index contributed by atoms with van der Waals surface area (Å²) in [6, 6.07) is 0. The Hall–Kier alpha value is -1.52. The van der Waals surface area contributed by atoms with E-state index in [-0.39, 0.29) is 11.5 Å². The van der Waals surface area contributed by atoms with Gasteiger partial charge in [0, 0.05) is 29.4 Å². The minimum Gasteiger partial charge on any atom is -0.444 e. The molecule has 0 saturated heterocycles. The van der Waals surface area contributed by atoms with Crippen LogP contribution in [0.15, 0.2) is 11.3 Å². The van der Waals surface area contributed by atoms with E-state index in [4.69, 9.17) is 15.9 Å². The van der Waals surface area contributed by atoms with Crippen molar-refractivity contribution >= 4 is 12.3 Å². The Morgan fingerprint density at radius 2 is 2.06 bits per heavy atom. The van der Waals surface area contributed by atoms with Crippen molar-refractivity contribution in [3.63, 3.8) is 0 Å². The van der Waals surface area contributed by atoms with E-state index in [2.05, 4.69) is 0 Å². The Kier molecular flexibility index (Phi) is 3.74. The lowest BCUT2D eigenvalue weighted by atomic mass is 9.83. The summed E-state index contributed by atoms with van der Waals surface area (Å²) in [5, 5.41) is 7.37. The van der Waals surface area contributed by atoms with Crippen molar-refractivity contribution in [3.05, 3.63) is 11.3 Å². The van der Waals surface area contributed by atoms with Crippen LogP contribution in [0.2, 0.25) is 0 Å². The van der Waals surface area contributed by atoms with Crippen LogP contribution in [0.1, 0.15) is 34.6 Å². The summed E-state index contributed by atoms with van der Waals surface area (Å²) < 4.78 is 5.35. The van der Waals surface area contributed by atoms with Gasteiger partial charge in [-0.2, -0.15) is 0 Å². The van der Waals surface area contributed by atoms with Crippen LogP contribution in [-0.4, -0.2) is 35.9 Å². The molecule has 102 valence electrons. The summed E-state index contributed by atoms with van der Waals surface area (Å²) in [6.07, 6.45) is 0.857. The number of nitrogens with two attached hydrogens (primary N) is 1. The predicted octanol–water partition coefficient (Wildman–Crippen LogP) is 2.13. The molecule has 3 N–H and O–H groups in total. The molecule has 0 aliphatic carbocycles. The quantitative estimate of drug-likeness (QED) is 0.702. The molecule has 0 bridgehead atoms. The molecule has 18 heavy (non-hydrogen) atoms. The van der Waals surface area contributed by atoms with E-state index in [1.807, 2.05) is 34.6 Å². The van der Waals surface area contributed by atoms with Gasteiger partial charge in [0.05, 0.1) is 6.54 Å². The highest BCUT2D eigenvalue weighted by molar-refractivity contribution is 5.80. The maximum atomic E-state index is 12.0. The van der Waals surface area contributed by atoms with Crippen molar-refractivity contribution in [3.8, 4) is 0 Å². The number of amides is 1. The molecular weight excluding hydrogens is 230 g/mol. The van der Waals surface area contributed by atoms with E-state index >= 15 is 0 Å². The number of carbonyl (C=O) groups excluding carboxylic acids is 1. The summed E-state index contributed by atoms with van der Waals surface area (Å²) in [5.41, 5.74) is 6.52. The molecule has 5 heteroatoms. The molecule has 0 aromatic rings. The van der Waals surface area contributed by atoms with Crippen LogP contribution in [0.4, 0.5) is 4.79 Å². The van der Waals surface area contributed by atoms with Gasteiger partial charge in [-0.15, -0.1) is 0 Å². The predicted molar refractivity (Wildman–Crippen MR) is 71.6 cm³/mol. The molecule has 1 heterocycles. The van der Waals surface area contributed by atoms with Crippen molar-refractivity contribution < 1.29 is 9.53 Å². The van der Waals surface area contributed by atoms with Crippen molar-refractivity contribution in [2.24, 2.45) is 11.1 Å². The average Bonchev–Trinajstić information content (AvgIpc) is 2.19. The van der Waals surface area contributed by atoms with E-state index < -0.39 is 5.60 Å². The highest BCUT2D eigenvalue weighted by Crippen LogP contribution is 2.31. The first-order chi connectivity index (χ1) is 8.07. The van der Waals surface area contributed by atoms with Gasteiger partial charge in [0.2, 0.25) is 0 Å². The number of hydrogen-bond donors (Lipinski definition) is 2. The van der Waals surface area contributed by atoms with Gasteiger partial charge >= 0.3 is 6.09 Å². The Balaban J connectivity index is 2.90. The molecule has 0 aromatic carbocycles. The number of nitrogens with one attached hydrogen (secondary N) is 1. The van der Waals surface area contributed by atoms with Gasteiger partial charge in [-0.3, -0.25) is 0 Å². The second-order valence-corrected chi connectivity index (χ2v) is 6.30. The Labute approximate surface area is 108 Å². The first-order valence-corrected chi connectivity index (χ1v) is 6.04. The number of ether oxygens (including phenoxy) is 1. The van der Waals surface area contributed by atoms with Gasteiger partial charge in [-0.05, 0) is 20.8 Å². The van der Waals surface area contributed by atoms with Gasteiger partial charge in [0.25, 0.3) is 0 Å². The van der Waals surface area contributed by atoms with Crippen LogP contribution in [0, 0.1) is 10.8 Å². The lowest BCUT2D eigenvalue weighted by molar-refractivity contribution is 0.0199. The van der Waals surface area contributed by atoms with Crippen LogP contribution in [-0.2, 0) is 4.74 Å². The monoisotopic (exact) mass is 253 g/mol. The van der Waals surface area contributed by atoms with Crippen LogP contribution in [0.3, 0.4) is 0 Å². The van der Waals surface area contributed by atoms with Gasteiger partial charge in [0.15, 0.2) is 0 Å². The fourth-order valence-corrected chi connectivity index (χ4v) is 1.92. The largest absolute Gasteiger partial charge is 0.444 e. The van der Waals surface area contributed by atoms with Crippen LogP contribution < -0.4 is 5.73 Å². The van der Waals surface area contributed by atoms with E-state index in [9.17, 15) is 4.79 Å². The maximum Gasteiger partial charge on any atom is 0.410 e. The summed E-state index contributed by atoms with van der Waals surface area (Å²) in [6.45, 7) is 10.3. The van der Waals surface area contributed by atoms with Gasteiger partial charge < -0.3 is 20.8 Å². The first-order valence-electron chi connectivity index (χ1n) is 6.04. The smallest absolute Gasteiger partial charge is 0.410 e. The fourth-order valence-electron chi connectivity index (χ4n) is 1.92. The van der Waals surface area contributed by atoms with Gasteiger partial charge in [-0.1, -0.05) is 13.8 Å². The van der Waals surface area contributed by atoms with Crippen LogP contribution >= 0.6 is 0 Å². The number of hydrogen-bond acceptors (Lipinski definition) is 4. The molecule has 0 atom stereocenters. The number of rotatable bonds is 1. The van der Waals surface area contributed by atoms with Crippen molar-refractivity contribution in [1.82, 2.24) is 4.90 Å². The highest BCUT2D eigenvalue weighted by Gasteiger charge is 2.35. The standard InChI is InChI=1S/C13H23N3O2/c1-12(2,3)18-11(17)16-7-9(6-14)10(15)13(4,5)8-16/h6,14H,7-8,15H2,1-5H3. The Morgan fingerprint density at radius 3 is 2.50 bits per heavy atom. The summed E-state index contributed by atoms with van der Waals surface area (Å²) in [7, 11) is 0. The third-order valence-corrected chi connectivity index (χ3v) is 2.85. The number of nitrogens with zero attached hydrogens (tertiary/aromatic N) is 1. The molecule has 0 spiro atoms. The molecule has 0 fully saturated rings. The van der Waals surface area contributed by atoms with Crippen LogP contribution in [0.5, 0.6) is 0 Å². The normalized spacial score (nSPS) is 19.7. The third-order valence-electron chi connectivity index (χ3n) is 2.85. The summed E-state index contributed by atoms with van der Waals surface area (Å²) >= 11 is 0. The minimum atomic E-state index is -0.515. The average molecular weight is 253 g/mol. The lowest BCUT2D eigenvalue weighted by Gasteiger charge is -2.39. The van der Waals surface area contributed by atoms with Crippen molar-refractivity contribution in [2.75, 3.05) is 13.1 Å². The highest BCUT2D eigenvalue weighted by atomic mass is 16.6. The van der Waals surface area contributed by atoms with Crippen molar-refractivity contribution in [2.45, 2.75) is 40.2 Å². The third kappa shape index (κ3) is 3.24. The second-order valence-electron chi connectivity index (χ2n) is 6.30. The molecule has 1 rings (SSSR count). The van der Waals surface area contributed by atoms with E-state index in [1.165, 1.54) is 6.21 Å². The second kappa shape index (κ2) is 4.63. The fraction of sp³-hybridized carbons (Fsp3) is 0.692.